The Balaban J connectivity index is 1.30. The molecule has 40 heavy (non-hydrogen) atoms. The van der Waals surface area contributed by atoms with Gasteiger partial charge in [0.1, 0.15) is 5.75 Å². The van der Waals surface area contributed by atoms with E-state index in [2.05, 4.69) is 21.2 Å². The number of hydrogen-bond acceptors (Lipinski definition) is 6. The van der Waals surface area contributed by atoms with E-state index in [4.69, 9.17) is 16.3 Å². The van der Waals surface area contributed by atoms with Crippen molar-refractivity contribution in [1.29, 1.82) is 0 Å². The average molecular weight is 555 g/mol. The molecule has 0 fully saturated rings. The smallest absolute Gasteiger partial charge is 0.343 e. The van der Waals surface area contributed by atoms with Crippen LogP contribution in [0.5, 0.6) is 5.75 Å². The molecule has 200 valence electrons. The molecule has 0 radical (unpaired) electrons. The van der Waals surface area contributed by atoms with E-state index in [-0.39, 0.29) is 11.3 Å². The molecule has 9 nitrogen and oxygen atoms in total. The molecule has 0 spiro atoms. The number of amides is 3. The number of carbonyl (C=O) groups is 4. The van der Waals surface area contributed by atoms with Gasteiger partial charge in [-0.3, -0.25) is 14.4 Å². The van der Waals surface area contributed by atoms with Crippen LogP contribution in [0.25, 0.3) is 0 Å². The van der Waals surface area contributed by atoms with Gasteiger partial charge in [0, 0.05) is 10.7 Å². The maximum Gasteiger partial charge on any atom is 0.343 e. The highest BCUT2D eigenvalue weighted by molar-refractivity contribution is 6.40. The Kier molecular flexibility index (Phi) is 9.01. The molecule has 0 aromatic heterocycles. The van der Waals surface area contributed by atoms with Crippen LogP contribution in [0.3, 0.4) is 0 Å². The van der Waals surface area contributed by atoms with Crippen LogP contribution in [0.15, 0.2) is 102 Å². The molecule has 0 bridgehead atoms. The predicted octanol–water partition coefficient (Wildman–Crippen LogP) is 5.21. The van der Waals surface area contributed by atoms with Crippen molar-refractivity contribution in [3.05, 3.63) is 124 Å². The number of carbonyl (C=O) groups excluding carboxylic acids is 4. The first-order valence-corrected chi connectivity index (χ1v) is 12.4. The largest absolute Gasteiger partial charge is 0.423 e. The van der Waals surface area contributed by atoms with E-state index in [1.54, 1.807) is 66.7 Å². The van der Waals surface area contributed by atoms with Crippen molar-refractivity contribution in [1.82, 2.24) is 5.43 Å². The Labute approximate surface area is 234 Å². The summed E-state index contributed by atoms with van der Waals surface area (Å²) >= 11 is 5.90. The van der Waals surface area contributed by atoms with Gasteiger partial charge >= 0.3 is 17.8 Å². The molecule has 4 aromatic rings. The zero-order valence-electron chi connectivity index (χ0n) is 21.2. The summed E-state index contributed by atoms with van der Waals surface area (Å²) in [7, 11) is 0. The predicted molar refractivity (Wildman–Crippen MR) is 153 cm³/mol. The van der Waals surface area contributed by atoms with Gasteiger partial charge in [0.25, 0.3) is 5.91 Å². The third-order valence-corrected chi connectivity index (χ3v) is 5.70. The van der Waals surface area contributed by atoms with E-state index in [1.807, 2.05) is 19.1 Å². The first-order valence-electron chi connectivity index (χ1n) is 12.0. The molecule has 0 unspecified atom stereocenters. The van der Waals surface area contributed by atoms with Gasteiger partial charge in [-0.2, -0.15) is 5.10 Å². The summed E-state index contributed by atoms with van der Waals surface area (Å²) in [5.41, 5.74) is 5.01. The van der Waals surface area contributed by atoms with Crippen molar-refractivity contribution in [3.63, 3.8) is 0 Å². The lowest BCUT2D eigenvalue weighted by atomic mass is 10.1. The van der Waals surface area contributed by atoms with Gasteiger partial charge < -0.3 is 15.4 Å². The lowest BCUT2D eigenvalue weighted by Crippen LogP contribution is -2.33. The second kappa shape index (κ2) is 13.0. The lowest BCUT2D eigenvalue weighted by Gasteiger charge is -2.11. The molecule has 0 aliphatic heterocycles. The van der Waals surface area contributed by atoms with Crippen LogP contribution >= 0.6 is 11.6 Å². The third-order valence-electron chi connectivity index (χ3n) is 5.47. The lowest BCUT2D eigenvalue weighted by molar-refractivity contribution is -0.136. The molecule has 0 saturated heterocycles. The van der Waals surface area contributed by atoms with Crippen LogP contribution in [0.4, 0.5) is 11.4 Å². The molecular formula is C30H23ClN4O5. The first kappa shape index (κ1) is 27.7. The number of ether oxygens (including phenoxy) is 1. The molecule has 4 rings (SSSR count). The van der Waals surface area contributed by atoms with Gasteiger partial charge in [-0.25, -0.2) is 10.2 Å². The van der Waals surface area contributed by atoms with Gasteiger partial charge in [-0.1, -0.05) is 47.5 Å². The highest BCUT2D eigenvalue weighted by Gasteiger charge is 2.18. The van der Waals surface area contributed by atoms with Crippen LogP contribution < -0.4 is 20.8 Å². The van der Waals surface area contributed by atoms with E-state index in [0.717, 1.165) is 5.56 Å². The molecule has 3 N–H and O–H groups in total. The Morgan fingerprint density at radius 3 is 2.25 bits per heavy atom. The number of anilines is 2. The highest BCUT2D eigenvalue weighted by Crippen LogP contribution is 2.18. The quantitative estimate of drug-likeness (QED) is 0.0950. The highest BCUT2D eigenvalue weighted by atomic mass is 35.5. The minimum atomic E-state index is -1.03. The van der Waals surface area contributed by atoms with E-state index in [1.165, 1.54) is 24.4 Å². The number of hydrazone groups is 1. The molecular weight excluding hydrogens is 532 g/mol. The van der Waals surface area contributed by atoms with Crippen LogP contribution in [0, 0.1) is 6.92 Å². The van der Waals surface area contributed by atoms with Crippen LogP contribution in [-0.4, -0.2) is 29.9 Å². The average Bonchev–Trinajstić information content (AvgIpc) is 2.95. The minimum Gasteiger partial charge on any atom is -0.423 e. The van der Waals surface area contributed by atoms with Crippen LogP contribution in [0.2, 0.25) is 5.02 Å². The fourth-order valence-electron chi connectivity index (χ4n) is 3.42. The zero-order chi connectivity index (χ0) is 28.5. The molecule has 0 atom stereocenters. The summed E-state index contributed by atoms with van der Waals surface area (Å²) in [4.78, 5) is 49.7. The molecule has 0 saturated carbocycles. The van der Waals surface area contributed by atoms with E-state index in [9.17, 15) is 19.2 Å². The summed E-state index contributed by atoms with van der Waals surface area (Å²) in [6.07, 6.45) is 1.32. The maximum atomic E-state index is 12.7. The van der Waals surface area contributed by atoms with Gasteiger partial charge in [0.05, 0.1) is 23.0 Å². The number of halogens is 1. The molecule has 0 heterocycles. The second-order valence-electron chi connectivity index (χ2n) is 8.49. The molecule has 0 aliphatic carbocycles. The number of nitrogens with zero attached hydrogens (tertiary/aromatic N) is 1. The number of para-hydroxylation sites is 1. The number of hydrogen-bond donors (Lipinski definition) is 3. The van der Waals surface area contributed by atoms with Crippen LogP contribution in [-0.2, 0) is 9.59 Å². The van der Waals surface area contributed by atoms with Crippen LogP contribution in [0.1, 0.15) is 31.8 Å². The second-order valence-corrected chi connectivity index (χ2v) is 8.92. The van der Waals surface area contributed by atoms with Crippen molar-refractivity contribution >= 4 is 52.9 Å². The van der Waals surface area contributed by atoms with Gasteiger partial charge in [0.2, 0.25) is 0 Å². The minimum absolute atomic E-state index is 0.166. The van der Waals surface area contributed by atoms with Gasteiger partial charge in [0.15, 0.2) is 0 Å². The summed E-state index contributed by atoms with van der Waals surface area (Å²) in [5.74, 6) is -2.74. The van der Waals surface area contributed by atoms with Gasteiger partial charge in [-0.15, -0.1) is 0 Å². The summed E-state index contributed by atoms with van der Waals surface area (Å²) in [5, 5.41) is 9.40. The summed E-state index contributed by atoms with van der Waals surface area (Å²) < 4.78 is 5.31. The third kappa shape index (κ3) is 7.62. The monoisotopic (exact) mass is 554 g/mol. The van der Waals surface area contributed by atoms with Crippen molar-refractivity contribution in [2.75, 3.05) is 10.6 Å². The topological polar surface area (TPSA) is 126 Å². The normalized spacial score (nSPS) is 10.6. The Hall–Kier alpha value is -5.28. The first-order chi connectivity index (χ1) is 19.3. The van der Waals surface area contributed by atoms with Crippen molar-refractivity contribution < 1.29 is 23.9 Å². The number of aryl methyl sites for hydroxylation is 1. The number of nitrogens with one attached hydrogen (secondary N) is 3. The van der Waals surface area contributed by atoms with E-state index >= 15 is 0 Å². The Bertz CT molecular complexity index is 1580. The fourth-order valence-corrected chi connectivity index (χ4v) is 3.61. The Morgan fingerprint density at radius 2 is 1.52 bits per heavy atom. The van der Waals surface area contributed by atoms with Gasteiger partial charge in [-0.05, 0) is 79.2 Å². The summed E-state index contributed by atoms with van der Waals surface area (Å²) in [6, 6.07) is 26.3. The molecule has 3 amide bonds. The van der Waals surface area contributed by atoms with E-state index < -0.39 is 23.7 Å². The fraction of sp³-hybridized carbons (Fsp3) is 0.0333. The zero-order valence-corrected chi connectivity index (χ0v) is 21.9. The maximum absolute atomic E-state index is 12.7. The number of rotatable bonds is 7. The Morgan fingerprint density at radius 1 is 0.800 bits per heavy atom. The molecule has 0 aliphatic rings. The standard InChI is InChI=1S/C30H23ClN4O5/c1-19-9-13-23(14-10-19)33-27(36)25-7-2-3-8-26(25)34-28(37)29(38)35-32-18-20-11-15-24(16-12-20)40-30(39)21-5-4-6-22(31)17-21/h2-18H,1H3,(H,33,36)(H,34,37)(H,35,38)/b32-18+. The van der Waals surface area contributed by atoms with Crippen molar-refractivity contribution in [3.8, 4) is 5.75 Å². The summed E-state index contributed by atoms with van der Waals surface area (Å²) in [6.45, 7) is 1.94. The number of esters is 1. The molecule has 10 heteroatoms. The van der Waals surface area contributed by atoms with Crippen molar-refractivity contribution in [2.45, 2.75) is 6.92 Å². The van der Waals surface area contributed by atoms with Crippen molar-refractivity contribution in [2.24, 2.45) is 5.10 Å². The van der Waals surface area contributed by atoms with E-state index in [0.29, 0.717) is 27.6 Å². The SMILES string of the molecule is Cc1ccc(NC(=O)c2ccccc2NC(=O)C(=O)N/N=C/c2ccc(OC(=O)c3cccc(Cl)c3)cc2)cc1. The molecule has 4 aromatic carbocycles. The number of benzene rings is 4.